The molecular formula is C25H41N5O5. The zero-order chi connectivity index (χ0) is 26.1. The highest BCUT2D eigenvalue weighted by molar-refractivity contribution is 5.90. The third kappa shape index (κ3) is 14.0. The van der Waals surface area contributed by atoms with E-state index in [-0.39, 0.29) is 31.9 Å². The molecule has 0 fully saturated rings. The fourth-order valence-electron chi connectivity index (χ4n) is 3.40. The molecule has 4 amide bonds. The zero-order valence-electron chi connectivity index (χ0n) is 21.3. The first-order chi connectivity index (χ1) is 16.7. The molecule has 10 nitrogen and oxygen atoms in total. The molecule has 0 aliphatic carbocycles. The van der Waals surface area contributed by atoms with Crippen LogP contribution in [0.3, 0.4) is 0 Å². The topological polar surface area (TPSA) is 134 Å². The standard InChI is InChI=1S/C25H41N5O5/c1-4-16-30(18-23(32)27-15-9-6-10-17-29(2)3)24(33)21(13-14-22(26)31)28-25(34)35-19-20-11-7-5-8-12-20/h5,7-8,11-12,21H,4,6,9-10,13-19H2,1-3H3,(H2,26,31)(H,27,32)(H,28,34). The largest absolute Gasteiger partial charge is 0.445 e. The van der Waals surface area contributed by atoms with E-state index in [1.807, 2.05) is 51.4 Å². The monoisotopic (exact) mass is 491 g/mol. The Kier molecular flexibility index (Phi) is 14.8. The van der Waals surface area contributed by atoms with Gasteiger partial charge >= 0.3 is 6.09 Å². The van der Waals surface area contributed by atoms with Crippen LogP contribution in [-0.2, 0) is 25.7 Å². The van der Waals surface area contributed by atoms with Gasteiger partial charge in [-0.3, -0.25) is 14.4 Å². The summed E-state index contributed by atoms with van der Waals surface area (Å²) >= 11 is 0. The Hall–Kier alpha value is -3.14. The molecular weight excluding hydrogens is 450 g/mol. The maximum Gasteiger partial charge on any atom is 0.408 e. The van der Waals surface area contributed by atoms with Gasteiger partial charge in [0.05, 0.1) is 6.54 Å². The van der Waals surface area contributed by atoms with Crippen LogP contribution >= 0.6 is 0 Å². The number of nitrogens with two attached hydrogens (primary N) is 1. The highest BCUT2D eigenvalue weighted by Gasteiger charge is 2.27. The number of hydrogen-bond donors (Lipinski definition) is 3. The number of alkyl carbamates (subject to hydrolysis) is 1. The van der Waals surface area contributed by atoms with Crippen molar-refractivity contribution in [1.29, 1.82) is 0 Å². The molecule has 0 saturated heterocycles. The van der Waals surface area contributed by atoms with Crippen LogP contribution in [0.15, 0.2) is 30.3 Å². The van der Waals surface area contributed by atoms with Crippen molar-refractivity contribution < 1.29 is 23.9 Å². The first-order valence-corrected chi connectivity index (χ1v) is 12.2. The molecule has 1 aromatic carbocycles. The number of hydrogen-bond acceptors (Lipinski definition) is 6. The predicted molar refractivity (Wildman–Crippen MR) is 134 cm³/mol. The van der Waals surface area contributed by atoms with E-state index in [0.29, 0.717) is 19.5 Å². The van der Waals surface area contributed by atoms with Gasteiger partial charge < -0.3 is 30.9 Å². The van der Waals surface area contributed by atoms with Crippen molar-refractivity contribution in [1.82, 2.24) is 20.4 Å². The molecule has 1 unspecified atom stereocenters. The van der Waals surface area contributed by atoms with Crippen molar-refractivity contribution in [2.24, 2.45) is 5.73 Å². The lowest BCUT2D eigenvalue weighted by atomic mass is 10.1. The van der Waals surface area contributed by atoms with Crippen LogP contribution in [0.5, 0.6) is 0 Å². The van der Waals surface area contributed by atoms with Gasteiger partial charge in [-0.1, -0.05) is 43.7 Å². The summed E-state index contributed by atoms with van der Waals surface area (Å²) in [5.41, 5.74) is 6.05. The summed E-state index contributed by atoms with van der Waals surface area (Å²) in [7, 11) is 4.05. The van der Waals surface area contributed by atoms with Crippen LogP contribution in [0, 0.1) is 0 Å². The van der Waals surface area contributed by atoms with Crippen LogP contribution in [0.4, 0.5) is 4.79 Å². The fraction of sp³-hybridized carbons (Fsp3) is 0.600. The number of carbonyl (C=O) groups is 4. The van der Waals surface area contributed by atoms with Crippen molar-refractivity contribution in [3.63, 3.8) is 0 Å². The summed E-state index contributed by atoms with van der Waals surface area (Å²) < 4.78 is 5.22. The lowest BCUT2D eigenvalue weighted by Gasteiger charge is -2.27. The minimum Gasteiger partial charge on any atom is -0.445 e. The minimum atomic E-state index is -1.03. The number of primary amides is 1. The van der Waals surface area contributed by atoms with Gasteiger partial charge in [0.25, 0.3) is 0 Å². The van der Waals surface area contributed by atoms with E-state index in [9.17, 15) is 19.2 Å². The van der Waals surface area contributed by atoms with Gasteiger partial charge in [0.15, 0.2) is 0 Å². The van der Waals surface area contributed by atoms with Crippen LogP contribution in [0.1, 0.15) is 51.0 Å². The summed E-state index contributed by atoms with van der Waals surface area (Å²) in [6.07, 6.45) is 2.69. The molecule has 1 atom stereocenters. The number of unbranched alkanes of at least 4 members (excludes halogenated alkanes) is 2. The van der Waals surface area contributed by atoms with Crippen LogP contribution in [0.25, 0.3) is 0 Å². The molecule has 0 aliphatic heterocycles. The summed E-state index contributed by atoms with van der Waals surface area (Å²) in [6, 6.07) is 8.10. The maximum absolute atomic E-state index is 13.2. The van der Waals surface area contributed by atoms with Gasteiger partial charge in [0.1, 0.15) is 12.6 Å². The first-order valence-electron chi connectivity index (χ1n) is 12.2. The van der Waals surface area contributed by atoms with Crippen LogP contribution < -0.4 is 16.4 Å². The lowest BCUT2D eigenvalue weighted by molar-refractivity contribution is -0.138. The van der Waals surface area contributed by atoms with Crippen molar-refractivity contribution in [2.45, 2.75) is 58.1 Å². The number of nitrogens with one attached hydrogen (secondary N) is 2. The van der Waals surface area contributed by atoms with Gasteiger partial charge in [-0.05, 0) is 51.9 Å². The van der Waals surface area contributed by atoms with E-state index in [4.69, 9.17) is 10.5 Å². The number of amides is 4. The van der Waals surface area contributed by atoms with Crippen molar-refractivity contribution in [3.05, 3.63) is 35.9 Å². The number of carbonyl (C=O) groups excluding carboxylic acids is 4. The van der Waals surface area contributed by atoms with Gasteiger partial charge in [-0.15, -0.1) is 0 Å². The summed E-state index contributed by atoms with van der Waals surface area (Å²) in [5.74, 6) is -1.30. The Bertz CT molecular complexity index is 788. The second-order valence-electron chi connectivity index (χ2n) is 8.74. The quantitative estimate of drug-likeness (QED) is 0.284. The van der Waals surface area contributed by atoms with Gasteiger partial charge in [-0.25, -0.2) is 4.79 Å². The Morgan fingerprint density at radius 2 is 1.74 bits per heavy atom. The zero-order valence-corrected chi connectivity index (χ0v) is 21.3. The summed E-state index contributed by atoms with van der Waals surface area (Å²) in [4.78, 5) is 52.8. The molecule has 1 rings (SSSR count). The molecule has 0 heterocycles. The number of ether oxygens (including phenoxy) is 1. The van der Waals surface area contributed by atoms with E-state index < -0.39 is 23.9 Å². The summed E-state index contributed by atoms with van der Waals surface area (Å²) in [6.45, 7) is 3.68. The molecule has 0 radical (unpaired) electrons. The molecule has 1 aromatic rings. The van der Waals surface area contributed by atoms with Gasteiger partial charge in [0.2, 0.25) is 17.7 Å². The molecule has 4 N–H and O–H groups in total. The molecule has 10 heteroatoms. The second-order valence-corrected chi connectivity index (χ2v) is 8.74. The predicted octanol–water partition coefficient (Wildman–Crippen LogP) is 1.63. The molecule has 0 bridgehead atoms. The van der Waals surface area contributed by atoms with E-state index in [0.717, 1.165) is 31.4 Å². The number of benzene rings is 1. The van der Waals surface area contributed by atoms with Gasteiger partial charge in [0, 0.05) is 19.5 Å². The Balaban J connectivity index is 2.65. The van der Waals surface area contributed by atoms with E-state index >= 15 is 0 Å². The number of nitrogens with zero attached hydrogens (tertiary/aromatic N) is 2. The molecule has 0 aliphatic rings. The normalized spacial score (nSPS) is 11.5. The second kappa shape index (κ2) is 17.3. The van der Waals surface area contributed by atoms with Crippen LogP contribution in [0.2, 0.25) is 0 Å². The average Bonchev–Trinajstić information content (AvgIpc) is 2.82. The lowest BCUT2D eigenvalue weighted by Crippen LogP contribution is -2.51. The molecule has 35 heavy (non-hydrogen) atoms. The smallest absolute Gasteiger partial charge is 0.408 e. The third-order valence-corrected chi connectivity index (χ3v) is 5.23. The summed E-state index contributed by atoms with van der Waals surface area (Å²) in [5, 5.41) is 5.38. The average molecular weight is 492 g/mol. The SMILES string of the molecule is CCCN(CC(=O)NCCCCCN(C)C)C(=O)C(CCC(N)=O)NC(=O)OCc1ccccc1. The minimum absolute atomic E-state index is 0.0162. The van der Waals surface area contributed by atoms with Gasteiger partial charge in [-0.2, -0.15) is 0 Å². The third-order valence-electron chi connectivity index (χ3n) is 5.23. The Morgan fingerprint density at radius 3 is 2.37 bits per heavy atom. The van der Waals surface area contributed by atoms with Crippen LogP contribution in [-0.4, -0.2) is 79.9 Å². The Morgan fingerprint density at radius 1 is 1.03 bits per heavy atom. The highest BCUT2D eigenvalue weighted by atomic mass is 16.5. The molecule has 196 valence electrons. The van der Waals surface area contributed by atoms with Crippen molar-refractivity contribution >= 4 is 23.8 Å². The highest BCUT2D eigenvalue weighted by Crippen LogP contribution is 2.07. The number of rotatable bonds is 17. The van der Waals surface area contributed by atoms with E-state index in [1.165, 1.54) is 4.90 Å². The first kappa shape index (κ1) is 29.9. The molecule has 0 aromatic heterocycles. The Labute approximate surface area is 208 Å². The van der Waals surface area contributed by atoms with E-state index in [2.05, 4.69) is 15.5 Å². The molecule has 0 spiro atoms. The maximum atomic E-state index is 13.2. The van der Waals surface area contributed by atoms with Crippen molar-refractivity contribution in [2.75, 3.05) is 40.3 Å². The fourth-order valence-corrected chi connectivity index (χ4v) is 3.40. The van der Waals surface area contributed by atoms with Crippen molar-refractivity contribution in [3.8, 4) is 0 Å². The van der Waals surface area contributed by atoms with E-state index in [1.54, 1.807) is 0 Å². The molecule has 0 saturated carbocycles.